The fourth-order valence-electron chi connectivity index (χ4n) is 8.91. The molecule has 10 aromatic carbocycles. The molecule has 0 spiro atoms. The normalized spacial score (nSPS) is 11.3. The molecule has 1 heterocycles. The Bertz CT molecular complexity index is 3300. The molecule has 0 aliphatic rings. The molecule has 1 aromatic heterocycles. The van der Waals surface area contributed by atoms with Crippen LogP contribution in [0.15, 0.2) is 243 Å². The van der Waals surface area contributed by atoms with Gasteiger partial charge in [0.2, 0.25) is 0 Å². The zero-order chi connectivity index (χ0) is 39.8. The summed E-state index contributed by atoms with van der Waals surface area (Å²) in [5.41, 5.74) is 16.2. The summed E-state index contributed by atoms with van der Waals surface area (Å²) >= 11 is 0. The number of aromatic nitrogens is 1. The van der Waals surface area contributed by atoms with Crippen LogP contribution >= 0.6 is 0 Å². The molecular weight excluding hydrogens is 725 g/mol. The molecule has 0 fully saturated rings. The topological polar surface area (TPSA) is 8.17 Å². The van der Waals surface area contributed by atoms with Gasteiger partial charge in [-0.15, -0.1) is 0 Å². The molecule has 282 valence electrons. The van der Waals surface area contributed by atoms with Gasteiger partial charge in [-0.3, -0.25) is 0 Å². The van der Waals surface area contributed by atoms with Gasteiger partial charge in [0.15, 0.2) is 0 Å². The van der Waals surface area contributed by atoms with E-state index in [0.29, 0.717) is 0 Å². The predicted octanol–water partition coefficient (Wildman–Crippen LogP) is 16.1. The molecule has 0 aliphatic carbocycles. The second-order valence-electron chi connectivity index (χ2n) is 15.3. The van der Waals surface area contributed by atoms with Gasteiger partial charge in [0.05, 0.1) is 16.7 Å². The van der Waals surface area contributed by atoms with Crippen molar-refractivity contribution in [2.75, 3.05) is 4.90 Å². The van der Waals surface area contributed by atoms with Crippen LogP contribution in [-0.4, -0.2) is 4.57 Å². The van der Waals surface area contributed by atoms with Gasteiger partial charge in [-0.1, -0.05) is 188 Å². The van der Waals surface area contributed by atoms with E-state index in [9.17, 15) is 0 Å². The fraction of sp³-hybridized carbons (Fsp3) is 0. The third-order valence-electron chi connectivity index (χ3n) is 11.8. The lowest BCUT2D eigenvalue weighted by atomic mass is 9.92. The van der Waals surface area contributed by atoms with Crippen LogP contribution in [0.4, 0.5) is 17.1 Å². The molecule has 60 heavy (non-hydrogen) atoms. The summed E-state index contributed by atoms with van der Waals surface area (Å²) < 4.78 is 2.48. The van der Waals surface area contributed by atoms with Crippen LogP contribution < -0.4 is 4.90 Å². The monoisotopic (exact) mass is 764 g/mol. The second-order valence-corrected chi connectivity index (χ2v) is 15.3. The molecule has 0 N–H and O–H groups in total. The Hall–Kier alpha value is -7.94. The Balaban J connectivity index is 1.15. The van der Waals surface area contributed by atoms with Crippen molar-refractivity contribution in [1.82, 2.24) is 4.57 Å². The highest BCUT2D eigenvalue weighted by Gasteiger charge is 2.21. The Morgan fingerprint density at radius 2 is 0.817 bits per heavy atom. The molecule has 0 bridgehead atoms. The van der Waals surface area contributed by atoms with Crippen LogP contribution in [0.1, 0.15) is 0 Å². The SMILES string of the molecule is c1ccc(-c2ccc(-c3ccccc3)c(-n3c4ccccc4c4ccc(N(c5ccccc5)c5ccc(-c6ccc7ccccc7c6)c(-c6ccccc6)c5)cc43)c2)cc1. The number of fused-ring (bicyclic) bond motifs is 4. The highest BCUT2D eigenvalue weighted by molar-refractivity contribution is 6.11. The first kappa shape index (κ1) is 35.2. The number of hydrogen-bond donors (Lipinski definition) is 0. The van der Waals surface area contributed by atoms with Gasteiger partial charge in [-0.05, 0) is 104 Å². The summed E-state index contributed by atoms with van der Waals surface area (Å²) in [5.74, 6) is 0. The van der Waals surface area contributed by atoms with Crippen molar-refractivity contribution < 1.29 is 0 Å². The van der Waals surface area contributed by atoms with Crippen LogP contribution in [0.2, 0.25) is 0 Å². The molecule has 0 radical (unpaired) electrons. The lowest BCUT2D eigenvalue weighted by Gasteiger charge is -2.27. The number of benzene rings is 10. The molecule has 0 aliphatic heterocycles. The van der Waals surface area contributed by atoms with Crippen molar-refractivity contribution in [2.45, 2.75) is 0 Å². The summed E-state index contributed by atoms with van der Waals surface area (Å²) in [6, 6.07) is 88.0. The zero-order valence-corrected chi connectivity index (χ0v) is 33.0. The Labute approximate surface area is 350 Å². The minimum absolute atomic E-state index is 1.08. The van der Waals surface area contributed by atoms with Crippen molar-refractivity contribution in [1.29, 1.82) is 0 Å². The summed E-state index contributed by atoms with van der Waals surface area (Å²) in [5, 5.41) is 4.91. The Morgan fingerprint density at radius 1 is 0.267 bits per heavy atom. The van der Waals surface area contributed by atoms with Crippen molar-refractivity contribution in [3.8, 4) is 50.2 Å². The number of hydrogen-bond acceptors (Lipinski definition) is 1. The zero-order valence-electron chi connectivity index (χ0n) is 33.0. The van der Waals surface area contributed by atoms with Crippen molar-refractivity contribution in [3.63, 3.8) is 0 Å². The van der Waals surface area contributed by atoms with E-state index in [4.69, 9.17) is 0 Å². The lowest BCUT2D eigenvalue weighted by Crippen LogP contribution is -2.10. The quantitative estimate of drug-likeness (QED) is 0.150. The fourth-order valence-corrected chi connectivity index (χ4v) is 8.91. The minimum Gasteiger partial charge on any atom is -0.310 e. The van der Waals surface area contributed by atoms with Gasteiger partial charge in [0.1, 0.15) is 0 Å². The summed E-state index contributed by atoms with van der Waals surface area (Å²) in [7, 11) is 0. The summed E-state index contributed by atoms with van der Waals surface area (Å²) in [6.07, 6.45) is 0. The third-order valence-corrected chi connectivity index (χ3v) is 11.8. The van der Waals surface area contributed by atoms with E-state index >= 15 is 0 Å². The molecule has 0 saturated carbocycles. The molecule has 2 nitrogen and oxygen atoms in total. The highest BCUT2D eigenvalue weighted by Crippen LogP contribution is 2.44. The van der Waals surface area contributed by atoms with Gasteiger partial charge in [0, 0.05) is 33.4 Å². The second kappa shape index (κ2) is 15.1. The van der Waals surface area contributed by atoms with E-state index in [1.807, 2.05) is 0 Å². The van der Waals surface area contributed by atoms with Gasteiger partial charge in [0.25, 0.3) is 0 Å². The highest BCUT2D eigenvalue weighted by atomic mass is 15.1. The van der Waals surface area contributed by atoms with Gasteiger partial charge in [-0.2, -0.15) is 0 Å². The van der Waals surface area contributed by atoms with Gasteiger partial charge in [-0.25, -0.2) is 0 Å². The number of anilines is 3. The molecule has 2 heteroatoms. The maximum absolute atomic E-state index is 2.48. The minimum atomic E-state index is 1.08. The Kier molecular flexibility index (Phi) is 8.87. The van der Waals surface area contributed by atoms with Crippen LogP contribution in [0.25, 0.3) is 82.8 Å². The van der Waals surface area contributed by atoms with Crippen LogP contribution in [-0.2, 0) is 0 Å². The van der Waals surface area contributed by atoms with Crippen molar-refractivity contribution in [3.05, 3.63) is 243 Å². The summed E-state index contributed by atoms with van der Waals surface area (Å²) in [6.45, 7) is 0. The van der Waals surface area contributed by atoms with Gasteiger partial charge >= 0.3 is 0 Å². The first-order valence-electron chi connectivity index (χ1n) is 20.6. The maximum Gasteiger partial charge on any atom is 0.0562 e. The largest absolute Gasteiger partial charge is 0.310 e. The van der Waals surface area contributed by atoms with Gasteiger partial charge < -0.3 is 9.47 Å². The van der Waals surface area contributed by atoms with Crippen molar-refractivity contribution >= 4 is 49.6 Å². The smallest absolute Gasteiger partial charge is 0.0562 e. The molecule has 11 rings (SSSR count). The van der Waals surface area contributed by atoms with Crippen LogP contribution in [0, 0.1) is 0 Å². The number of nitrogens with zero attached hydrogens (tertiary/aromatic N) is 2. The summed E-state index contributed by atoms with van der Waals surface area (Å²) in [4.78, 5) is 2.40. The molecule has 11 aromatic rings. The molecular formula is C58H40N2. The number of para-hydroxylation sites is 2. The molecule has 0 saturated heterocycles. The van der Waals surface area contributed by atoms with E-state index < -0.39 is 0 Å². The van der Waals surface area contributed by atoms with E-state index in [1.165, 1.54) is 71.6 Å². The predicted molar refractivity (Wildman–Crippen MR) is 255 cm³/mol. The number of rotatable bonds is 8. The van der Waals surface area contributed by atoms with Crippen LogP contribution in [0.3, 0.4) is 0 Å². The van der Waals surface area contributed by atoms with Crippen LogP contribution in [0.5, 0.6) is 0 Å². The first-order valence-corrected chi connectivity index (χ1v) is 20.6. The third kappa shape index (κ3) is 6.32. The standard InChI is InChI=1S/C58H40N2/c1-5-17-41(18-6-1)46-31-34-52(43-20-7-2-8-21-43)57(38-46)60-56-28-16-15-27-53(56)54-36-33-50(40-58(54)60)59(48-25-11-4-12-26-48)49-32-35-51(55(39-49)44-22-9-3-10-23-44)47-30-29-42-19-13-14-24-45(42)37-47/h1-40H. The lowest BCUT2D eigenvalue weighted by molar-refractivity contribution is 1.18. The molecule has 0 atom stereocenters. The molecule has 0 unspecified atom stereocenters. The Morgan fingerprint density at radius 3 is 1.57 bits per heavy atom. The maximum atomic E-state index is 2.48. The average Bonchev–Trinajstić information content (AvgIpc) is 3.66. The van der Waals surface area contributed by atoms with E-state index in [2.05, 4.69) is 252 Å². The average molecular weight is 765 g/mol. The van der Waals surface area contributed by atoms with E-state index in [0.717, 1.165) is 28.3 Å². The molecule has 0 amide bonds. The first-order chi connectivity index (χ1) is 29.8. The van der Waals surface area contributed by atoms with Crippen molar-refractivity contribution in [2.24, 2.45) is 0 Å². The van der Waals surface area contributed by atoms with E-state index in [1.54, 1.807) is 0 Å². The van der Waals surface area contributed by atoms with E-state index in [-0.39, 0.29) is 0 Å².